The van der Waals surface area contributed by atoms with Gasteiger partial charge in [0.15, 0.2) is 0 Å². The first kappa shape index (κ1) is 16.1. The smallest absolute Gasteiger partial charge is 0.327 e. The predicted molar refractivity (Wildman–Crippen MR) is 74.1 cm³/mol. The molecule has 7 heteroatoms. The minimum atomic E-state index is -1.00. The Morgan fingerprint density at radius 1 is 1.47 bits per heavy atom. The number of amides is 2. The highest BCUT2D eigenvalue weighted by Gasteiger charge is 2.42. The second-order valence-corrected chi connectivity index (χ2v) is 6.62. The molecule has 1 aliphatic heterocycles. The van der Waals surface area contributed by atoms with Crippen LogP contribution in [-0.2, 0) is 4.79 Å². The van der Waals surface area contributed by atoms with Gasteiger partial charge in [-0.2, -0.15) is 0 Å². The fourth-order valence-electron chi connectivity index (χ4n) is 2.17. The Bertz CT molecular complexity index is 356. The summed E-state index contributed by atoms with van der Waals surface area (Å²) in [4.78, 5) is 26.4. The molecule has 0 radical (unpaired) electrons. The van der Waals surface area contributed by atoms with E-state index in [4.69, 9.17) is 0 Å². The molecule has 0 aromatic heterocycles. The van der Waals surface area contributed by atoms with Crippen LogP contribution in [0.25, 0.3) is 0 Å². The number of carbonyl (C=O) groups is 2. The van der Waals surface area contributed by atoms with Crippen molar-refractivity contribution in [1.29, 1.82) is 0 Å². The molecule has 2 amide bonds. The van der Waals surface area contributed by atoms with Crippen molar-refractivity contribution >= 4 is 23.8 Å². The lowest BCUT2D eigenvalue weighted by atomic mass is 10.1. The quantitative estimate of drug-likeness (QED) is 0.809. The van der Waals surface area contributed by atoms with Gasteiger partial charge in [0.25, 0.3) is 0 Å². The van der Waals surface area contributed by atoms with E-state index in [1.54, 1.807) is 20.9 Å². The topological polar surface area (TPSA) is 81.1 Å². The minimum absolute atomic E-state index is 0.113. The first-order chi connectivity index (χ1) is 8.67. The molecule has 6 nitrogen and oxygen atoms in total. The van der Waals surface area contributed by atoms with Crippen molar-refractivity contribution in [3.8, 4) is 0 Å². The number of aliphatic carboxylic acids is 1. The lowest BCUT2D eigenvalue weighted by molar-refractivity contribution is -0.141. The number of thioether (sulfide) groups is 1. The zero-order valence-electron chi connectivity index (χ0n) is 11.8. The van der Waals surface area contributed by atoms with Crippen molar-refractivity contribution in [2.45, 2.75) is 44.2 Å². The summed E-state index contributed by atoms with van der Waals surface area (Å²) >= 11 is 1.49. The Hall–Kier alpha value is -0.950. The third kappa shape index (κ3) is 4.01. The van der Waals surface area contributed by atoms with Crippen LogP contribution in [-0.4, -0.2) is 68.4 Å². The van der Waals surface area contributed by atoms with Crippen molar-refractivity contribution in [3.63, 3.8) is 0 Å². The Labute approximate surface area is 117 Å². The SMILES string of the molecule is CCC1SCC(C(=O)O)N1C(=O)N(C)CC(C)(C)O. The zero-order chi connectivity index (χ0) is 14.8. The third-order valence-corrected chi connectivity index (χ3v) is 4.35. The van der Waals surface area contributed by atoms with Gasteiger partial charge >= 0.3 is 12.0 Å². The molecule has 1 fully saturated rings. The minimum Gasteiger partial charge on any atom is -0.480 e. The molecule has 1 saturated heterocycles. The van der Waals surface area contributed by atoms with Gasteiger partial charge in [-0.25, -0.2) is 9.59 Å². The number of urea groups is 1. The molecular formula is C12H22N2O4S. The highest BCUT2D eigenvalue weighted by atomic mass is 32.2. The number of carbonyl (C=O) groups excluding carboxylic acids is 1. The van der Waals surface area contributed by atoms with E-state index in [0.29, 0.717) is 12.2 Å². The molecule has 2 unspecified atom stereocenters. The molecule has 0 saturated carbocycles. The maximum Gasteiger partial charge on any atom is 0.327 e. The van der Waals surface area contributed by atoms with E-state index in [9.17, 15) is 19.8 Å². The van der Waals surface area contributed by atoms with Crippen molar-refractivity contribution < 1.29 is 19.8 Å². The van der Waals surface area contributed by atoms with E-state index < -0.39 is 17.6 Å². The summed E-state index contributed by atoms with van der Waals surface area (Å²) in [6.45, 7) is 5.32. The van der Waals surface area contributed by atoms with E-state index in [0.717, 1.165) is 0 Å². The first-order valence-electron chi connectivity index (χ1n) is 6.27. The zero-order valence-corrected chi connectivity index (χ0v) is 12.6. The normalized spacial score (nSPS) is 23.5. The van der Waals surface area contributed by atoms with Crippen molar-refractivity contribution in [3.05, 3.63) is 0 Å². The van der Waals surface area contributed by atoms with Gasteiger partial charge in [-0.05, 0) is 20.3 Å². The second kappa shape index (κ2) is 6.00. The molecule has 1 heterocycles. The Morgan fingerprint density at radius 2 is 2.05 bits per heavy atom. The first-order valence-corrected chi connectivity index (χ1v) is 7.32. The molecule has 1 aliphatic rings. The maximum absolute atomic E-state index is 12.4. The molecular weight excluding hydrogens is 268 g/mol. The molecule has 0 spiro atoms. The van der Waals surface area contributed by atoms with E-state index >= 15 is 0 Å². The third-order valence-electron chi connectivity index (χ3n) is 2.90. The van der Waals surface area contributed by atoms with E-state index in [2.05, 4.69) is 0 Å². The standard InChI is InChI=1S/C12H22N2O4S/c1-5-9-14(8(6-19-9)10(15)16)11(17)13(4)7-12(2,3)18/h8-9,18H,5-7H2,1-4H3,(H,15,16). The monoisotopic (exact) mass is 290 g/mol. The van der Waals surface area contributed by atoms with E-state index in [-0.39, 0.29) is 17.9 Å². The number of rotatable bonds is 4. The Kier molecular flexibility index (Phi) is 5.09. The number of nitrogens with zero attached hydrogens (tertiary/aromatic N) is 2. The molecule has 19 heavy (non-hydrogen) atoms. The van der Waals surface area contributed by atoms with Crippen LogP contribution in [0.2, 0.25) is 0 Å². The second-order valence-electron chi connectivity index (χ2n) is 5.41. The highest BCUT2D eigenvalue weighted by Crippen LogP contribution is 2.32. The van der Waals surface area contributed by atoms with Gasteiger partial charge in [0.1, 0.15) is 6.04 Å². The Morgan fingerprint density at radius 3 is 2.47 bits per heavy atom. The van der Waals surface area contributed by atoms with Crippen LogP contribution in [0.15, 0.2) is 0 Å². The van der Waals surface area contributed by atoms with E-state index in [1.807, 2.05) is 6.92 Å². The largest absolute Gasteiger partial charge is 0.480 e. The van der Waals surface area contributed by atoms with Gasteiger partial charge in [-0.1, -0.05) is 6.92 Å². The van der Waals surface area contributed by atoms with Gasteiger partial charge < -0.3 is 15.1 Å². The van der Waals surface area contributed by atoms with Crippen molar-refractivity contribution in [2.24, 2.45) is 0 Å². The number of carboxylic acids is 1. The number of hydrogen-bond acceptors (Lipinski definition) is 4. The molecule has 110 valence electrons. The van der Waals surface area contributed by atoms with Gasteiger partial charge in [0, 0.05) is 12.8 Å². The molecule has 0 aromatic carbocycles. The molecule has 2 N–H and O–H groups in total. The highest BCUT2D eigenvalue weighted by molar-refractivity contribution is 8.00. The van der Waals surface area contributed by atoms with E-state index in [1.165, 1.54) is 21.6 Å². The predicted octanol–water partition coefficient (Wildman–Crippen LogP) is 1.05. The lowest BCUT2D eigenvalue weighted by Crippen LogP contribution is -2.52. The molecule has 2 atom stereocenters. The molecule has 0 aliphatic carbocycles. The average Bonchev–Trinajstić information content (AvgIpc) is 2.68. The summed E-state index contributed by atoms with van der Waals surface area (Å²) in [5.41, 5.74) is -1.00. The molecule has 0 aromatic rings. The maximum atomic E-state index is 12.4. The number of hydrogen-bond donors (Lipinski definition) is 2. The molecule has 1 rings (SSSR count). The summed E-state index contributed by atoms with van der Waals surface area (Å²) in [6, 6.07) is -1.13. The lowest BCUT2D eigenvalue weighted by Gasteiger charge is -2.33. The van der Waals surface area contributed by atoms with Crippen LogP contribution in [0.1, 0.15) is 27.2 Å². The van der Waals surface area contributed by atoms with Crippen LogP contribution in [0.4, 0.5) is 4.79 Å². The summed E-state index contributed by atoms with van der Waals surface area (Å²) in [7, 11) is 1.58. The number of likely N-dealkylation sites (N-methyl/N-ethyl adjacent to an activating group) is 1. The van der Waals surface area contributed by atoms with Gasteiger partial charge in [0.2, 0.25) is 0 Å². The van der Waals surface area contributed by atoms with Crippen molar-refractivity contribution in [1.82, 2.24) is 9.80 Å². The van der Waals surface area contributed by atoms with Crippen LogP contribution in [0.3, 0.4) is 0 Å². The number of carboxylic acid groups (broad SMARTS) is 1. The van der Waals surface area contributed by atoms with Crippen LogP contribution in [0.5, 0.6) is 0 Å². The van der Waals surface area contributed by atoms with Crippen LogP contribution >= 0.6 is 11.8 Å². The van der Waals surface area contributed by atoms with Crippen LogP contribution < -0.4 is 0 Å². The summed E-state index contributed by atoms with van der Waals surface area (Å²) in [6.07, 6.45) is 0.705. The van der Waals surface area contributed by atoms with Gasteiger partial charge in [-0.3, -0.25) is 4.90 Å². The summed E-state index contributed by atoms with van der Waals surface area (Å²) in [5.74, 6) is -0.566. The van der Waals surface area contributed by atoms with Crippen LogP contribution in [0, 0.1) is 0 Å². The average molecular weight is 290 g/mol. The molecule has 0 bridgehead atoms. The van der Waals surface area contributed by atoms with Crippen molar-refractivity contribution in [2.75, 3.05) is 19.3 Å². The fourth-order valence-corrected chi connectivity index (χ4v) is 3.51. The Balaban J connectivity index is 2.84. The van der Waals surface area contributed by atoms with Gasteiger partial charge in [0.05, 0.1) is 17.5 Å². The summed E-state index contributed by atoms with van der Waals surface area (Å²) < 4.78 is 0. The fraction of sp³-hybridized carbons (Fsp3) is 0.833. The summed E-state index contributed by atoms with van der Waals surface area (Å²) in [5, 5.41) is 18.8. The number of aliphatic hydroxyl groups is 1. The van der Waals surface area contributed by atoms with Gasteiger partial charge in [-0.15, -0.1) is 11.8 Å².